The number of furan rings is 2. The summed E-state index contributed by atoms with van der Waals surface area (Å²) in [5.74, 6) is 0.646. The van der Waals surface area contributed by atoms with Crippen molar-refractivity contribution in [1.29, 1.82) is 0 Å². The largest absolute Gasteiger partial charge is 0.456 e. The molecule has 0 aliphatic carbocycles. The molecule has 0 atom stereocenters. The van der Waals surface area contributed by atoms with Crippen molar-refractivity contribution in [3.63, 3.8) is 0 Å². The molecular weight excluding hydrogens is 699 g/mol. The minimum absolute atomic E-state index is 0.646. The van der Waals surface area contributed by atoms with Gasteiger partial charge in [0, 0.05) is 56.2 Å². The van der Waals surface area contributed by atoms with Crippen LogP contribution in [0.15, 0.2) is 191 Å². The van der Waals surface area contributed by atoms with Gasteiger partial charge in [0.1, 0.15) is 22.3 Å². The number of aromatic nitrogens is 3. The van der Waals surface area contributed by atoms with Crippen LogP contribution in [-0.4, -0.2) is 15.0 Å². The molecule has 57 heavy (non-hydrogen) atoms. The second-order valence-corrected chi connectivity index (χ2v) is 14.5. The first-order valence-electron chi connectivity index (χ1n) is 19.1. The Kier molecular flexibility index (Phi) is 7.64. The molecule has 0 N–H and O–H groups in total. The zero-order valence-corrected chi connectivity index (χ0v) is 31.0. The lowest BCUT2D eigenvalue weighted by Gasteiger charge is -2.14. The third kappa shape index (κ3) is 5.85. The van der Waals surface area contributed by atoms with Crippen molar-refractivity contribution in [3.05, 3.63) is 188 Å². The SMILES string of the molecule is Cc1cc(-c2cc(-c3ccccc3)nc(-c3cc(-c4ccc5oc6ccccc6c5c4)cc(-c4ccc5oc6ccccc6c5c4)c3)n2)ccc1-c1cccnc1. The van der Waals surface area contributed by atoms with Gasteiger partial charge in [-0.25, -0.2) is 9.97 Å². The quantitative estimate of drug-likeness (QED) is 0.170. The normalized spacial score (nSPS) is 11.6. The zero-order valence-electron chi connectivity index (χ0n) is 31.0. The summed E-state index contributed by atoms with van der Waals surface area (Å²) in [6, 6.07) is 59.0. The monoisotopic (exact) mass is 731 g/mol. The second-order valence-electron chi connectivity index (χ2n) is 14.5. The van der Waals surface area contributed by atoms with Gasteiger partial charge in [0.15, 0.2) is 5.82 Å². The van der Waals surface area contributed by atoms with Crippen LogP contribution in [0, 0.1) is 6.92 Å². The van der Waals surface area contributed by atoms with E-state index in [1.165, 1.54) is 0 Å². The number of para-hydroxylation sites is 2. The van der Waals surface area contributed by atoms with Crippen LogP contribution in [0.25, 0.3) is 111 Å². The fourth-order valence-corrected chi connectivity index (χ4v) is 8.05. The van der Waals surface area contributed by atoms with Gasteiger partial charge in [-0.1, -0.05) is 97.1 Å². The summed E-state index contributed by atoms with van der Waals surface area (Å²) in [5, 5.41) is 4.35. The number of aryl methyl sites for hydroxylation is 1. The summed E-state index contributed by atoms with van der Waals surface area (Å²) in [6.07, 6.45) is 3.71. The van der Waals surface area contributed by atoms with Gasteiger partial charge in [-0.05, 0) is 113 Å². The molecule has 4 heterocycles. The van der Waals surface area contributed by atoms with Crippen molar-refractivity contribution >= 4 is 43.9 Å². The Bertz CT molecular complexity index is 3180. The van der Waals surface area contributed by atoms with Crippen molar-refractivity contribution in [2.75, 3.05) is 0 Å². The Balaban J connectivity index is 1.12. The lowest BCUT2D eigenvalue weighted by atomic mass is 9.94. The minimum Gasteiger partial charge on any atom is -0.456 e. The third-order valence-electron chi connectivity index (χ3n) is 10.9. The summed E-state index contributed by atoms with van der Waals surface area (Å²) in [5.41, 5.74) is 15.8. The molecule has 4 aromatic heterocycles. The van der Waals surface area contributed by atoms with Crippen LogP contribution in [0.3, 0.4) is 0 Å². The van der Waals surface area contributed by atoms with Gasteiger partial charge in [0.05, 0.1) is 11.4 Å². The number of pyridine rings is 1. The van der Waals surface area contributed by atoms with Gasteiger partial charge in [-0.15, -0.1) is 0 Å². The number of fused-ring (bicyclic) bond motifs is 6. The Morgan fingerprint density at radius 1 is 0.368 bits per heavy atom. The molecule has 0 saturated carbocycles. The summed E-state index contributed by atoms with van der Waals surface area (Å²) in [7, 11) is 0. The number of nitrogens with zero attached hydrogens (tertiary/aromatic N) is 3. The van der Waals surface area contributed by atoms with E-state index in [1.807, 2.05) is 54.7 Å². The zero-order chi connectivity index (χ0) is 37.9. The Morgan fingerprint density at radius 2 is 0.912 bits per heavy atom. The van der Waals surface area contributed by atoms with Crippen LogP contribution in [-0.2, 0) is 0 Å². The molecule has 11 aromatic rings. The first kappa shape index (κ1) is 32.8. The Labute approximate surface area is 328 Å². The van der Waals surface area contributed by atoms with Crippen LogP contribution < -0.4 is 0 Å². The minimum atomic E-state index is 0.646. The number of benzene rings is 7. The van der Waals surface area contributed by atoms with E-state index in [2.05, 4.69) is 133 Å². The van der Waals surface area contributed by atoms with Gasteiger partial charge in [0.25, 0.3) is 0 Å². The highest BCUT2D eigenvalue weighted by atomic mass is 16.3. The van der Waals surface area contributed by atoms with Crippen LogP contribution >= 0.6 is 0 Å². The third-order valence-corrected chi connectivity index (χ3v) is 10.9. The van der Waals surface area contributed by atoms with Crippen LogP contribution in [0.1, 0.15) is 5.56 Å². The molecule has 0 amide bonds. The molecule has 11 rings (SSSR count). The average molecular weight is 732 g/mol. The molecule has 5 nitrogen and oxygen atoms in total. The molecule has 0 saturated heterocycles. The van der Waals surface area contributed by atoms with E-state index in [9.17, 15) is 0 Å². The smallest absolute Gasteiger partial charge is 0.160 e. The highest BCUT2D eigenvalue weighted by Gasteiger charge is 2.17. The molecule has 7 aromatic carbocycles. The van der Waals surface area contributed by atoms with Crippen LogP contribution in [0.5, 0.6) is 0 Å². The first-order valence-corrected chi connectivity index (χ1v) is 19.1. The maximum atomic E-state index is 6.22. The summed E-state index contributed by atoms with van der Waals surface area (Å²) >= 11 is 0. The van der Waals surface area contributed by atoms with Gasteiger partial charge in [-0.3, -0.25) is 4.98 Å². The fraction of sp³-hybridized carbons (Fsp3) is 0.0192. The average Bonchev–Trinajstić information content (AvgIpc) is 3.84. The number of rotatable bonds is 6. The van der Waals surface area contributed by atoms with E-state index in [1.54, 1.807) is 6.20 Å². The standard InChI is InChI=1S/C52H33N3O2/c1-32-24-36(17-20-41(32)37-12-9-23-53-31-37)47-30-46(33-10-3-2-4-11-33)54-52(55-47)40-26-38(34-18-21-50-44(28-34)42-13-5-7-15-48(42)56-50)25-39(27-40)35-19-22-51-45(29-35)43-14-6-8-16-49(43)57-51/h2-31H,1H3. The molecule has 0 aliphatic heterocycles. The van der Waals surface area contributed by atoms with E-state index in [0.29, 0.717) is 5.82 Å². The molecular formula is C52H33N3O2. The van der Waals surface area contributed by atoms with Crippen molar-refractivity contribution in [2.24, 2.45) is 0 Å². The molecule has 0 bridgehead atoms. The molecule has 0 fully saturated rings. The van der Waals surface area contributed by atoms with Gasteiger partial charge in [0.2, 0.25) is 0 Å². The predicted molar refractivity (Wildman–Crippen MR) is 232 cm³/mol. The van der Waals surface area contributed by atoms with Crippen molar-refractivity contribution in [1.82, 2.24) is 15.0 Å². The molecule has 268 valence electrons. The lowest BCUT2D eigenvalue weighted by Crippen LogP contribution is -1.97. The second kappa shape index (κ2) is 13.3. The molecule has 0 aliphatic rings. The highest BCUT2D eigenvalue weighted by molar-refractivity contribution is 6.07. The molecule has 0 spiro atoms. The van der Waals surface area contributed by atoms with Gasteiger partial charge in [-0.2, -0.15) is 0 Å². The van der Waals surface area contributed by atoms with E-state index in [-0.39, 0.29) is 0 Å². The first-order chi connectivity index (χ1) is 28.1. The van der Waals surface area contributed by atoms with Crippen molar-refractivity contribution < 1.29 is 8.83 Å². The highest BCUT2D eigenvalue weighted by Crippen LogP contribution is 2.39. The van der Waals surface area contributed by atoms with E-state index >= 15 is 0 Å². The predicted octanol–water partition coefficient (Wildman–Crippen LogP) is 14.0. The summed E-state index contributed by atoms with van der Waals surface area (Å²) < 4.78 is 12.4. The number of hydrogen-bond donors (Lipinski definition) is 0. The Hall–Kier alpha value is -7.63. The van der Waals surface area contributed by atoms with Crippen molar-refractivity contribution in [2.45, 2.75) is 6.92 Å². The van der Waals surface area contributed by atoms with Gasteiger partial charge < -0.3 is 8.83 Å². The summed E-state index contributed by atoms with van der Waals surface area (Å²) in [6.45, 7) is 2.14. The van der Waals surface area contributed by atoms with Gasteiger partial charge >= 0.3 is 0 Å². The van der Waals surface area contributed by atoms with E-state index in [0.717, 1.165) is 111 Å². The molecule has 5 heteroatoms. The summed E-state index contributed by atoms with van der Waals surface area (Å²) in [4.78, 5) is 14.9. The van der Waals surface area contributed by atoms with Crippen LogP contribution in [0.4, 0.5) is 0 Å². The van der Waals surface area contributed by atoms with E-state index < -0.39 is 0 Å². The topological polar surface area (TPSA) is 65.0 Å². The maximum Gasteiger partial charge on any atom is 0.160 e. The molecule has 0 unspecified atom stereocenters. The van der Waals surface area contributed by atoms with E-state index in [4.69, 9.17) is 18.8 Å². The maximum absolute atomic E-state index is 6.22. The fourth-order valence-electron chi connectivity index (χ4n) is 8.05. The molecule has 0 radical (unpaired) electrons. The van der Waals surface area contributed by atoms with Crippen molar-refractivity contribution in [3.8, 4) is 67.3 Å². The Morgan fingerprint density at radius 3 is 1.53 bits per heavy atom. The lowest BCUT2D eigenvalue weighted by molar-refractivity contribution is 0.668. The number of hydrogen-bond acceptors (Lipinski definition) is 5. The van der Waals surface area contributed by atoms with Crippen LogP contribution in [0.2, 0.25) is 0 Å².